The van der Waals surface area contributed by atoms with Gasteiger partial charge in [-0.3, -0.25) is 4.79 Å². The highest BCUT2D eigenvalue weighted by molar-refractivity contribution is 5.71. The number of amides is 1. The first kappa shape index (κ1) is 8.80. The van der Waals surface area contributed by atoms with Crippen molar-refractivity contribution in [3.63, 3.8) is 0 Å². The molecule has 1 fully saturated rings. The van der Waals surface area contributed by atoms with Gasteiger partial charge in [-0.1, -0.05) is 0 Å². The van der Waals surface area contributed by atoms with Crippen molar-refractivity contribution in [2.24, 2.45) is 0 Å². The Labute approximate surface area is 80.3 Å². The van der Waals surface area contributed by atoms with Crippen molar-refractivity contribution in [2.75, 3.05) is 13.1 Å². The molecule has 1 aromatic heterocycles. The minimum absolute atomic E-state index is 0.0457. The maximum Gasteiger partial charge on any atom is 0.415 e. The molecule has 1 aliphatic rings. The molecular weight excluding hydrogens is 184 g/mol. The molecule has 1 aliphatic heterocycles. The summed E-state index contributed by atoms with van der Waals surface area (Å²) in [5.41, 5.74) is -0.388. The van der Waals surface area contributed by atoms with E-state index in [4.69, 9.17) is 4.74 Å². The van der Waals surface area contributed by atoms with Crippen molar-refractivity contribution < 1.29 is 9.53 Å². The van der Waals surface area contributed by atoms with Crippen molar-refractivity contribution in [2.45, 2.75) is 6.42 Å². The molecule has 1 amide bonds. The maximum atomic E-state index is 11.3. The number of nitrogens with zero attached hydrogens (tertiary/aromatic N) is 1. The summed E-state index contributed by atoms with van der Waals surface area (Å²) in [4.78, 5) is 26.4. The molecule has 2 heterocycles. The molecule has 0 atom stereocenters. The van der Waals surface area contributed by atoms with Gasteiger partial charge in [0.25, 0.3) is 5.56 Å². The largest absolute Gasteiger partial charge is 0.415 e. The van der Waals surface area contributed by atoms with Crippen LogP contribution in [-0.2, 0) is 0 Å². The first-order chi connectivity index (χ1) is 6.77. The fraction of sp³-hybridized carbons (Fsp3) is 0.333. The number of likely N-dealkylation sites (tertiary alicyclic amines) is 1. The Morgan fingerprint density at radius 3 is 2.86 bits per heavy atom. The summed E-state index contributed by atoms with van der Waals surface area (Å²) in [5, 5.41) is 0. The Bertz CT molecular complexity index is 395. The van der Waals surface area contributed by atoms with E-state index in [0.29, 0.717) is 13.1 Å². The van der Waals surface area contributed by atoms with Crippen molar-refractivity contribution in [3.05, 3.63) is 28.7 Å². The van der Waals surface area contributed by atoms with E-state index < -0.39 is 6.09 Å². The molecule has 14 heavy (non-hydrogen) atoms. The number of hydrogen-bond acceptors (Lipinski definition) is 3. The highest BCUT2D eigenvalue weighted by atomic mass is 16.6. The number of nitrogens with one attached hydrogen (secondary N) is 1. The van der Waals surface area contributed by atoms with Crippen molar-refractivity contribution in [1.82, 2.24) is 9.88 Å². The van der Waals surface area contributed by atoms with Gasteiger partial charge >= 0.3 is 6.09 Å². The lowest BCUT2D eigenvalue weighted by atomic mass is 10.2. The third kappa shape index (κ3) is 1.61. The van der Waals surface area contributed by atoms with E-state index in [0.717, 1.165) is 6.42 Å². The number of pyridine rings is 1. The van der Waals surface area contributed by atoms with Crippen LogP contribution < -0.4 is 10.3 Å². The summed E-state index contributed by atoms with van der Waals surface area (Å²) in [6.07, 6.45) is 2.04. The van der Waals surface area contributed by atoms with E-state index >= 15 is 0 Å². The van der Waals surface area contributed by atoms with Crippen LogP contribution >= 0.6 is 0 Å². The zero-order valence-electron chi connectivity index (χ0n) is 7.53. The zero-order chi connectivity index (χ0) is 9.97. The van der Waals surface area contributed by atoms with E-state index in [2.05, 4.69) is 4.98 Å². The Balaban J connectivity index is 2.06. The molecule has 0 bridgehead atoms. The van der Waals surface area contributed by atoms with Crippen LogP contribution in [0.15, 0.2) is 23.1 Å². The van der Waals surface area contributed by atoms with Crippen LogP contribution in [0.2, 0.25) is 0 Å². The van der Waals surface area contributed by atoms with Crippen LogP contribution in [-0.4, -0.2) is 29.1 Å². The monoisotopic (exact) mass is 194 g/mol. The van der Waals surface area contributed by atoms with Gasteiger partial charge < -0.3 is 14.6 Å². The van der Waals surface area contributed by atoms with Gasteiger partial charge in [0, 0.05) is 19.3 Å². The molecule has 0 saturated carbocycles. The Hall–Kier alpha value is -1.78. The Morgan fingerprint density at radius 1 is 1.50 bits per heavy atom. The first-order valence-corrected chi connectivity index (χ1v) is 4.42. The summed E-state index contributed by atoms with van der Waals surface area (Å²) < 4.78 is 4.89. The van der Waals surface area contributed by atoms with Crippen LogP contribution in [0, 0.1) is 0 Å². The van der Waals surface area contributed by atoms with Gasteiger partial charge in [-0.15, -0.1) is 0 Å². The van der Waals surface area contributed by atoms with Crippen LogP contribution in [0.1, 0.15) is 6.42 Å². The lowest BCUT2D eigenvalue weighted by Crippen LogP contribution is -2.44. The first-order valence-electron chi connectivity index (χ1n) is 4.42. The second kappa shape index (κ2) is 3.53. The van der Waals surface area contributed by atoms with Crippen LogP contribution in [0.25, 0.3) is 0 Å². The van der Waals surface area contributed by atoms with Crippen molar-refractivity contribution in [1.29, 1.82) is 0 Å². The summed E-state index contributed by atoms with van der Waals surface area (Å²) in [7, 11) is 0. The lowest BCUT2D eigenvalue weighted by Gasteiger charge is -2.29. The van der Waals surface area contributed by atoms with E-state index in [1.165, 1.54) is 12.3 Å². The molecule has 0 unspecified atom stereocenters. The Kier molecular flexibility index (Phi) is 2.22. The SMILES string of the molecule is O=C(Oc1ccc[nH]c1=O)N1CCC1. The fourth-order valence-corrected chi connectivity index (χ4v) is 1.14. The number of hydrogen-bond donors (Lipinski definition) is 1. The molecule has 0 aromatic carbocycles. The molecule has 5 nitrogen and oxygen atoms in total. The van der Waals surface area contributed by atoms with Gasteiger partial charge in [-0.05, 0) is 18.6 Å². The second-order valence-corrected chi connectivity index (χ2v) is 3.07. The second-order valence-electron chi connectivity index (χ2n) is 3.07. The Morgan fingerprint density at radius 2 is 2.29 bits per heavy atom. The van der Waals surface area contributed by atoms with Gasteiger partial charge in [0.05, 0.1) is 0 Å². The number of carbonyl (C=O) groups excluding carboxylic acids is 1. The number of aromatic nitrogens is 1. The predicted octanol–water partition coefficient (Wildman–Crippen LogP) is 0.579. The number of aromatic amines is 1. The molecule has 0 radical (unpaired) electrons. The number of rotatable bonds is 1. The molecular formula is C9H10N2O3. The third-order valence-corrected chi connectivity index (χ3v) is 2.09. The molecule has 1 aromatic rings. The normalized spacial score (nSPS) is 14.7. The summed E-state index contributed by atoms with van der Waals surface area (Å²) >= 11 is 0. The molecule has 1 N–H and O–H groups in total. The summed E-state index contributed by atoms with van der Waals surface area (Å²) in [6.45, 7) is 1.42. The van der Waals surface area contributed by atoms with E-state index in [1.54, 1.807) is 11.0 Å². The molecule has 1 saturated heterocycles. The van der Waals surface area contributed by atoms with Gasteiger partial charge in [-0.2, -0.15) is 0 Å². The summed E-state index contributed by atoms with van der Waals surface area (Å²) in [6, 6.07) is 3.08. The molecule has 0 spiro atoms. The topological polar surface area (TPSA) is 62.4 Å². The average Bonchev–Trinajstić information content (AvgIpc) is 2.05. The smallest absolute Gasteiger partial charge is 0.404 e. The summed E-state index contributed by atoms with van der Waals surface area (Å²) in [5.74, 6) is 0.0457. The number of H-pyrrole nitrogens is 1. The van der Waals surface area contributed by atoms with E-state index in [9.17, 15) is 9.59 Å². The fourth-order valence-electron chi connectivity index (χ4n) is 1.14. The molecule has 0 aliphatic carbocycles. The maximum absolute atomic E-state index is 11.3. The molecule has 5 heteroatoms. The van der Waals surface area contributed by atoms with Crippen molar-refractivity contribution >= 4 is 6.09 Å². The molecule has 74 valence electrons. The van der Waals surface area contributed by atoms with Gasteiger partial charge in [0.15, 0.2) is 5.75 Å². The highest BCUT2D eigenvalue weighted by Gasteiger charge is 2.22. The number of carbonyl (C=O) groups is 1. The van der Waals surface area contributed by atoms with E-state index in [1.807, 2.05) is 0 Å². The average molecular weight is 194 g/mol. The number of ether oxygens (including phenoxy) is 1. The van der Waals surface area contributed by atoms with Crippen LogP contribution in [0.5, 0.6) is 5.75 Å². The van der Waals surface area contributed by atoms with Gasteiger partial charge in [-0.25, -0.2) is 4.79 Å². The zero-order valence-corrected chi connectivity index (χ0v) is 7.53. The third-order valence-electron chi connectivity index (χ3n) is 2.09. The minimum atomic E-state index is -0.451. The lowest BCUT2D eigenvalue weighted by molar-refractivity contribution is 0.124. The van der Waals surface area contributed by atoms with Crippen LogP contribution in [0.3, 0.4) is 0 Å². The van der Waals surface area contributed by atoms with E-state index in [-0.39, 0.29) is 11.3 Å². The molecule has 2 rings (SSSR count). The standard InChI is InChI=1S/C9H10N2O3/c12-8-7(3-1-4-10-8)14-9(13)11-5-2-6-11/h1,3-4H,2,5-6H2,(H,10,12). The quantitative estimate of drug-likeness (QED) is 0.711. The van der Waals surface area contributed by atoms with Gasteiger partial charge in [0.2, 0.25) is 0 Å². The predicted molar refractivity (Wildman–Crippen MR) is 49.3 cm³/mol. The van der Waals surface area contributed by atoms with Crippen LogP contribution in [0.4, 0.5) is 4.79 Å². The highest BCUT2D eigenvalue weighted by Crippen LogP contribution is 2.09. The van der Waals surface area contributed by atoms with Crippen molar-refractivity contribution in [3.8, 4) is 5.75 Å². The minimum Gasteiger partial charge on any atom is -0.404 e. The van der Waals surface area contributed by atoms with Gasteiger partial charge in [0.1, 0.15) is 0 Å².